The Bertz CT molecular complexity index is 1030. The third kappa shape index (κ3) is 7.37. The molecule has 180 valence electrons. The van der Waals surface area contributed by atoms with Gasteiger partial charge in [-0.3, -0.25) is 9.78 Å². The van der Waals surface area contributed by atoms with E-state index >= 15 is 0 Å². The zero-order chi connectivity index (χ0) is 23.8. The van der Waals surface area contributed by atoms with Gasteiger partial charge < -0.3 is 15.5 Å². The molecule has 0 radical (unpaired) electrons. The van der Waals surface area contributed by atoms with Crippen LogP contribution in [0.15, 0.2) is 60.2 Å². The quantitative estimate of drug-likeness (QED) is 0.452. The van der Waals surface area contributed by atoms with Crippen molar-refractivity contribution in [2.75, 3.05) is 24.5 Å². The van der Waals surface area contributed by atoms with Crippen molar-refractivity contribution < 1.29 is 9.18 Å². The second kappa shape index (κ2) is 12.1. The van der Waals surface area contributed by atoms with Gasteiger partial charge in [-0.2, -0.15) is 0 Å². The highest BCUT2D eigenvalue weighted by Crippen LogP contribution is 2.21. The van der Waals surface area contributed by atoms with Crippen molar-refractivity contribution in [3.8, 4) is 0 Å². The average molecular weight is 481 g/mol. The van der Waals surface area contributed by atoms with E-state index in [0.29, 0.717) is 31.5 Å². The van der Waals surface area contributed by atoms with E-state index < -0.39 is 0 Å². The highest BCUT2D eigenvalue weighted by Gasteiger charge is 2.21. The van der Waals surface area contributed by atoms with Crippen LogP contribution in [0, 0.1) is 5.82 Å². The van der Waals surface area contributed by atoms with Crippen LogP contribution in [-0.2, 0) is 24.1 Å². The highest BCUT2D eigenvalue weighted by molar-refractivity contribution is 7.09. The summed E-state index contributed by atoms with van der Waals surface area (Å²) in [5, 5.41) is 6.71. The van der Waals surface area contributed by atoms with Gasteiger partial charge in [0.05, 0.1) is 11.9 Å². The summed E-state index contributed by atoms with van der Waals surface area (Å²) in [6.45, 7) is 4.82. The smallest absolute Gasteiger partial charge is 0.224 e. The number of aromatic nitrogens is 1. The van der Waals surface area contributed by atoms with Crippen LogP contribution in [0.5, 0.6) is 0 Å². The second-order valence-corrected chi connectivity index (χ2v) is 10.0. The Labute approximate surface area is 205 Å². The van der Waals surface area contributed by atoms with E-state index in [1.165, 1.54) is 22.7 Å². The van der Waals surface area contributed by atoms with Crippen molar-refractivity contribution in [1.82, 2.24) is 15.6 Å². The van der Waals surface area contributed by atoms with Crippen molar-refractivity contribution in [2.24, 2.45) is 0 Å². The van der Waals surface area contributed by atoms with Crippen molar-refractivity contribution in [3.63, 3.8) is 0 Å². The maximum Gasteiger partial charge on any atom is 0.224 e. The van der Waals surface area contributed by atoms with Crippen molar-refractivity contribution in [3.05, 3.63) is 82.1 Å². The lowest BCUT2D eigenvalue weighted by Gasteiger charge is -2.35. The van der Waals surface area contributed by atoms with Gasteiger partial charge in [-0.15, -0.1) is 11.3 Å². The topological polar surface area (TPSA) is 57.3 Å². The van der Waals surface area contributed by atoms with E-state index in [1.807, 2.05) is 29.9 Å². The summed E-state index contributed by atoms with van der Waals surface area (Å²) in [6.07, 6.45) is 6.23. The zero-order valence-electron chi connectivity index (χ0n) is 19.7. The molecule has 2 heterocycles. The fraction of sp³-hybridized carbons (Fsp3) is 0.407. The Morgan fingerprint density at radius 3 is 2.68 bits per heavy atom. The highest BCUT2D eigenvalue weighted by atomic mass is 32.1. The molecule has 34 heavy (non-hydrogen) atoms. The minimum Gasteiger partial charge on any atom is -0.371 e. The van der Waals surface area contributed by atoms with E-state index in [9.17, 15) is 9.18 Å². The van der Waals surface area contributed by atoms with Crippen LogP contribution >= 0.6 is 11.3 Å². The number of thiazole rings is 1. The van der Waals surface area contributed by atoms with Crippen LogP contribution in [0.4, 0.5) is 10.1 Å². The van der Waals surface area contributed by atoms with Crippen LogP contribution in [0.1, 0.15) is 35.8 Å². The van der Waals surface area contributed by atoms with Crippen molar-refractivity contribution >= 4 is 22.9 Å². The molecule has 3 aromatic rings. The summed E-state index contributed by atoms with van der Waals surface area (Å²) >= 11 is 1.72. The fourth-order valence-corrected chi connectivity index (χ4v) is 5.25. The molecular formula is C27H33FN4OS. The molecule has 5 nitrogen and oxygen atoms in total. The summed E-state index contributed by atoms with van der Waals surface area (Å²) in [5.74, 6) is -0.255. The molecule has 2 N–H and O–H groups in total. The first-order chi connectivity index (χ1) is 16.5. The molecule has 2 aromatic carbocycles. The van der Waals surface area contributed by atoms with Gasteiger partial charge in [0.15, 0.2) is 0 Å². The molecule has 0 saturated carbocycles. The SMILES string of the molecule is C[C@@H](Cc1cncs1)NC1CCN(c2ccc(CC(=O)NCCc3cccc(F)c3)cc2)CC1. The van der Waals surface area contributed by atoms with Gasteiger partial charge in [-0.25, -0.2) is 4.39 Å². The third-order valence-corrected chi connectivity index (χ3v) is 7.10. The van der Waals surface area contributed by atoms with E-state index in [4.69, 9.17) is 0 Å². The van der Waals surface area contributed by atoms with Crippen LogP contribution in [0.2, 0.25) is 0 Å². The molecule has 4 rings (SSSR count). The normalized spacial score (nSPS) is 15.3. The Morgan fingerprint density at radius 2 is 1.97 bits per heavy atom. The van der Waals surface area contributed by atoms with Crippen molar-refractivity contribution in [2.45, 2.75) is 51.1 Å². The number of nitrogens with one attached hydrogen (secondary N) is 2. The molecule has 1 aromatic heterocycles. The molecule has 1 amide bonds. The summed E-state index contributed by atoms with van der Waals surface area (Å²) in [7, 11) is 0. The molecule has 0 bridgehead atoms. The summed E-state index contributed by atoms with van der Waals surface area (Å²) in [5.41, 5.74) is 5.00. The third-order valence-electron chi connectivity index (χ3n) is 6.30. The molecule has 1 saturated heterocycles. The Balaban J connectivity index is 1.17. The van der Waals surface area contributed by atoms with Gasteiger partial charge in [-0.05, 0) is 68.0 Å². The predicted octanol–water partition coefficient (Wildman–Crippen LogP) is 4.37. The first-order valence-electron chi connectivity index (χ1n) is 12.0. The van der Waals surface area contributed by atoms with E-state index in [1.54, 1.807) is 17.4 Å². The molecule has 7 heteroatoms. The van der Waals surface area contributed by atoms with Crippen molar-refractivity contribution in [1.29, 1.82) is 0 Å². The fourth-order valence-electron chi connectivity index (χ4n) is 4.52. The van der Waals surface area contributed by atoms with E-state index in [0.717, 1.165) is 43.5 Å². The number of hydrogen-bond donors (Lipinski definition) is 2. The van der Waals surface area contributed by atoms with Gasteiger partial charge >= 0.3 is 0 Å². The van der Waals surface area contributed by atoms with Gasteiger partial charge in [-0.1, -0.05) is 24.3 Å². The molecule has 0 unspecified atom stereocenters. The summed E-state index contributed by atoms with van der Waals surface area (Å²) in [6, 6.07) is 15.8. The van der Waals surface area contributed by atoms with Gasteiger partial charge in [0.2, 0.25) is 5.91 Å². The van der Waals surface area contributed by atoms with E-state index in [2.05, 4.69) is 39.6 Å². The maximum atomic E-state index is 13.2. The molecule has 0 aliphatic carbocycles. The van der Waals surface area contributed by atoms with E-state index in [-0.39, 0.29) is 11.7 Å². The van der Waals surface area contributed by atoms with Gasteiger partial charge in [0.25, 0.3) is 0 Å². The average Bonchev–Trinajstić information content (AvgIpc) is 3.33. The van der Waals surface area contributed by atoms with Crippen LogP contribution < -0.4 is 15.5 Å². The number of piperidine rings is 1. The molecule has 1 aliphatic heterocycles. The number of carbonyl (C=O) groups is 1. The maximum absolute atomic E-state index is 13.2. The van der Waals surface area contributed by atoms with Crippen LogP contribution in [-0.4, -0.2) is 42.6 Å². The summed E-state index contributed by atoms with van der Waals surface area (Å²) < 4.78 is 13.2. The Kier molecular flexibility index (Phi) is 8.66. The predicted molar refractivity (Wildman–Crippen MR) is 137 cm³/mol. The lowest BCUT2D eigenvalue weighted by Crippen LogP contribution is -2.46. The molecule has 1 fully saturated rings. The number of rotatable bonds is 10. The lowest BCUT2D eigenvalue weighted by molar-refractivity contribution is -0.120. The number of halogens is 1. The standard InChI is InChI=1S/C27H33FN4OS/c1-20(15-26-18-29-19-34-26)31-24-10-13-32(14-11-24)25-7-5-22(6-8-25)17-27(33)30-12-9-21-3-2-4-23(28)16-21/h2-8,16,18-20,24,31H,9-15,17H2,1H3,(H,30,33)/t20-/m0/s1. The van der Waals surface area contributed by atoms with Crippen LogP contribution in [0.25, 0.3) is 0 Å². The zero-order valence-corrected chi connectivity index (χ0v) is 20.5. The summed E-state index contributed by atoms with van der Waals surface area (Å²) in [4.78, 5) is 20.2. The minimum atomic E-state index is -0.245. The second-order valence-electron chi connectivity index (χ2n) is 9.07. The Hall–Kier alpha value is -2.77. The van der Waals surface area contributed by atoms with Crippen LogP contribution in [0.3, 0.4) is 0 Å². The molecule has 0 spiro atoms. The lowest BCUT2D eigenvalue weighted by atomic mass is 10.0. The minimum absolute atomic E-state index is 0.0107. The number of benzene rings is 2. The number of nitrogens with zero attached hydrogens (tertiary/aromatic N) is 2. The van der Waals surface area contributed by atoms with Gasteiger partial charge in [0.1, 0.15) is 5.82 Å². The number of carbonyl (C=O) groups excluding carboxylic acids is 1. The number of hydrogen-bond acceptors (Lipinski definition) is 5. The molecular weight excluding hydrogens is 447 g/mol. The first kappa shape index (κ1) is 24.4. The largest absolute Gasteiger partial charge is 0.371 e. The molecule has 1 atom stereocenters. The Morgan fingerprint density at radius 1 is 1.18 bits per heavy atom. The monoisotopic (exact) mass is 480 g/mol. The number of amides is 1. The van der Waals surface area contributed by atoms with Gasteiger partial charge in [0, 0.05) is 48.5 Å². The molecule has 1 aliphatic rings. The number of anilines is 1. The first-order valence-corrected chi connectivity index (χ1v) is 12.9.